The fourth-order valence-electron chi connectivity index (χ4n) is 1.34. The van der Waals surface area contributed by atoms with Gasteiger partial charge in [0.05, 0.1) is 6.61 Å². The number of carbonyl (C=O) groups excluding carboxylic acids is 3. The molecule has 1 unspecified atom stereocenters. The van der Waals surface area contributed by atoms with E-state index < -0.39 is 41.7 Å². The summed E-state index contributed by atoms with van der Waals surface area (Å²) in [7, 11) is 0. The molecule has 0 aromatic heterocycles. The predicted molar refractivity (Wildman–Crippen MR) is 60.2 cm³/mol. The van der Waals surface area contributed by atoms with Crippen molar-refractivity contribution in [3.63, 3.8) is 0 Å². The van der Waals surface area contributed by atoms with E-state index in [1.807, 2.05) is 0 Å². The van der Waals surface area contributed by atoms with E-state index in [9.17, 15) is 23.2 Å². The minimum absolute atomic E-state index is 0.0234. The van der Waals surface area contributed by atoms with Gasteiger partial charge in [-0.2, -0.15) is 0 Å². The zero-order valence-electron chi connectivity index (χ0n) is 11.0. The number of alkyl halides is 2. The second-order valence-corrected chi connectivity index (χ2v) is 4.89. The first-order valence-electron chi connectivity index (χ1n) is 5.63. The molecule has 0 aliphatic rings. The molecule has 0 bridgehead atoms. The molecular formula is C12H18F2O4. The van der Waals surface area contributed by atoms with E-state index >= 15 is 0 Å². The van der Waals surface area contributed by atoms with Gasteiger partial charge in [0.2, 0.25) is 0 Å². The van der Waals surface area contributed by atoms with Gasteiger partial charge in [0.25, 0.3) is 6.43 Å². The summed E-state index contributed by atoms with van der Waals surface area (Å²) in [4.78, 5) is 34.5. The van der Waals surface area contributed by atoms with Crippen molar-refractivity contribution in [2.45, 2.75) is 40.5 Å². The van der Waals surface area contributed by atoms with Crippen LogP contribution < -0.4 is 0 Å². The lowest BCUT2D eigenvalue weighted by Crippen LogP contribution is -2.37. The van der Waals surface area contributed by atoms with Crippen molar-refractivity contribution in [2.75, 3.05) is 6.61 Å². The fourth-order valence-corrected chi connectivity index (χ4v) is 1.34. The van der Waals surface area contributed by atoms with Crippen LogP contribution >= 0.6 is 0 Å². The van der Waals surface area contributed by atoms with Gasteiger partial charge >= 0.3 is 5.97 Å². The van der Waals surface area contributed by atoms with E-state index in [4.69, 9.17) is 0 Å². The zero-order chi connectivity index (χ0) is 14.5. The third-order valence-corrected chi connectivity index (χ3v) is 2.28. The van der Waals surface area contributed by atoms with E-state index in [-0.39, 0.29) is 6.61 Å². The van der Waals surface area contributed by atoms with Crippen LogP contribution in [0.25, 0.3) is 0 Å². The average Bonchev–Trinajstić information content (AvgIpc) is 2.23. The quantitative estimate of drug-likeness (QED) is 0.544. The van der Waals surface area contributed by atoms with Crippen LogP contribution in [0.1, 0.15) is 34.1 Å². The number of esters is 1. The molecule has 104 valence electrons. The van der Waals surface area contributed by atoms with Gasteiger partial charge in [-0.15, -0.1) is 0 Å². The standard InChI is InChI=1S/C12H18F2O4/c1-5-18-11(17)7(6-8(15)10(13)14)9(16)12(2,3)4/h7,10H,5-6H2,1-4H3. The number of hydrogen-bond acceptors (Lipinski definition) is 4. The highest BCUT2D eigenvalue weighted by Gasteiger charge is 2.38. The first-order valence-corrected chi connectivity index (χ1v) is 5.63. The summed E-state index contributed by atoms with van der Waals surface area (Å²) in [6.07, 6.45) is -4.00. The van der Waals surface area contributed by atoms with Crippen LogP contribution in [0.3, 0.4) is 0 Å². The number of hydrogen-bond donors (Lipinski definition) is 0. The van der Waals surface area contributed by atoms with Crippen LogP contribution in [-0.2, 0) is 19.1 Å². The molecule has 0 saturated carbocycles. The Morgan fingerprint density at radius 3 is 2.00 bits per heavy atom. The van der Waals surface area contributed by atoms with Gasteiger partial charge < -0.3 is 4.74 Å². The van der Waals surface area contributed by atoms with Gasteiger partial charge in [-0.25, -0.2) is 8.78 Å². The van der Waals surface area contributed by atoms with E-state index in [1.54, 1.807) is 20.8 Å². The molecule has 18 heavy (non-hydrogen) atoms. The third-order valence-electron chi connectivity index (χ3n) is 2.28. The van der Waals surface area contributed by atoms with Gasteiger partial charge in [-0.3, -0.25) is 14.4 Å². The molecule has 4 nitrogen and oxygen atoms in total. The first-order chi connectivity index (χ1) is 8.11. The van der Waals surface area contributed by atoms with Crippen LogP contribution in [0.15, 0.2) is 0 Å². The van der Waals surface area contributed by atoms with Crippen molar-refractivity contribution in [1.29, 1.82) is 0 Å². The molecule has 0 aliphatic heterocycles. The Morgan fingerprint density at radius 1 is 1.17 bits per heavy atom. The Kier molecular flexibility index (Phi) is 6.08. The number of ketones is 2. The molecule has 0 spiro atoms. The van der Waals surface area contributed by atoms with E-state index in [2.05, 4.69) is 4.74 Å². The van der Waals surface area contributed by atoms with Gasteiger partial charge in [0.15, 0.2) is 11.6 Å². The van der Waals surface area contributed by atoms with Crippen LogP contribution in [0.4, 0.5) is 8.78 Å². The molecule has 0 fully saturated rings. The summed E-state index contributed by atoms with van der Waals surface area (Å²) in [6.45, 7) is 6.21. The topological polar surface area (TPSA) is 60.4 Å². The number of halogens is 2. The molecule has 0 aliphatic carbocycles. The minimum atomic E-state index is -3.19. The number of ether oxygens (including phenoxy) is 1. The Balaban J connectivity index is 5.01. The lowest BCUT2D eigenvalue weighted by molar-refractivity contribution is -0.156. The van der Waals surface area contributed by atoms with Crippen LogP contribution in [0, 0.1) is 11.3 Å². The van der Waals surface area contributed by atoms with Crippen molar-refractivity contribution < 1.29 is 27.9 Å². The molecule has 0 N–H and O–H groups in total. The summed E-state index contributed by atoms with van der Waals surface area (Å²) < 4.78 is 29.0. The maximum absolute atomic E-state index is 12.2. The highest BCUT2D eigenvalue weighted by atomic mass is 19.3. The predicted octanol–water partition coefficient (Wildman–Crippen LogP) is 2.01. The molecular weight excluding hydrogens is 246 g/mol. The number of rotatable bonds is 6. The van der Waals surface area contributed by atoms with Crippen molar-refractivity contribution in [3.8, 4) is 0 Å². The van der Waals surface area contributed by atoms with Crippen molar-refractivity contribution in [2.24, 2.45) is 11.3 Å². The third kappa shape index (κ3) is 4.89. The highest BCUT2D eigenvalue weighted by molar-refractivity contribution is 6.04. The molecule has 0 aromatic rings. The highest BCUT2D eigenvalue weighted by Crippen LogP contribution is 2.24. The Bertz CT molecular complexity index is 331. The van der Waals surface area contributed by atoms with Crippen molar-refractivity contribution in [1.82, 2.24) is 0 Å². The normalized spacial score (nSPS) is 13.3. The van der Waals surface area contributed by atoms with Gasteiger partial charge in [0.1, 0.15) is 5.92 Å². The Morgan fingerprint density at radius 2 is 1.67 bits per heavy atom. The Labute approximate surface area is 105 Å². The monoisotopic (exact) mass is 264 g/mol. The molecule has 0 aromatic carbocycles. The minimum Gasteiger partial charge on any atom is -0.465 e. The van der Waals surface area contributed by atoms with Gasteiger partial charge in [0, 0.05) is 11.8 Å². The van der Waals surface area contributed by atoms with Crippen molar-refractivity contribution >= 4 is 17.5 Å². The molecule has 0 rings (SSSR count). The van der Waals surface area contributed by atoms with E-state index in [1.165, 1.54) is 6.92 Å². The second kappa shape index (κ2) is 6.56. The SMILES string of the molecule is CCOC(=O)C(CC(=O)C(F)F)C(=O)C(C)(C)C. The largest absolute Gasteiger partial charge is 0.465 e. The molecule has 1 atom stereocenters. The maximum atomic E-state index is 12.2. The Hall–Kier alpha value is -1.33. The summed E-state index contributed by atoms with van der Waals surface area (Å²) in [5.41, 5.74) is -0.903. The van der Waals surface area contributed by atoms with Crippen LogP contribution in [0.2, 0.25) is 0 Å². The molecule has 0 saturated heterocycles. The summed E-state index contributed by atoms with van der Waals surface area (Å²) in [5.74, 6) is -4.38. The molecule has 0 heterocycles. The smallest absolute Gasteiger partial charge is 0.316 e. The molecule has 6 heteroatoms. The number of Topliss-reactive ketones (excluding diaryl/α,β-unsaturated/α-hetero) is 2. The van der Waals surface area contributed by atoms with Crippen molar-refractivity contribution in [3.05, 3.63) is 0 Å². The van der Waals surface area contributed by atoms with Crippen LogP contribution in [0.5, 0.6) is 0 Å². The van der Waals surface area contributed by atoms with E-state index in [0.29, 0.717) is 0 Å². The maximum Gasteiger partial charge on any atom is 0.316 e. The average molecular weight is 264 g/mol. The lowest BCUT2D eigenvalue weighted by Gasteiger charge is -2.22. The summed E-state index contributed by atoms with van der Waals surface area (Å²) in [6, 6.07) is 0. The van der Waals surface area contributed by atoms with Crippen LogP contribution in [-0.4, -0.2) is 30.6 Å². The summed E-state index contributed by atoms with van der Waals surface area (Å²) >= 11 is 0. The molecule has 0 radical (unpaired) electrons. The molecule has 0 amide bonds. The number of carbonyl (C=O) groups is 3. The summed E-state index contributed by atoms with van der Waals surface area (Å²) in [5, 5.41) is 0. The van der Waals surface area contributed by atoms with Gasteiger partial charge in [-0.1, -0.05) is 20.8 Å². The van der Waals surface area contributed by atoms with E-state index in [0.717, 1.165) is 0 Å². The second-order valence-electron chi connectivity index (χ2n) is 4.89. The zero-order valence-corrected chi connectivity index (χ0v) is 11.0. The first kappa shape index (κ1) is 16.7. The lowest BCUT2D eigenvalue weighted by atomic mass is 9.81. The van der Waals surface area contributed by atoms with Gasteiger partial charge in [-0.05, 0) is 6.92 Å². The fraction of sp³-hybridized carbons (Fsp3) is 0.750.